The summed E-state index contributed by atoms with van der Waals surface area (Å²) >= 11 is 0. The number of nitrogens with one attached hydrogen (secondary N) is 1. The standard InChI is InChI=1S/C20H31N3O4/c1-15-5-7-16(8-6-15)20(2,3)14-21-19(26)23-9-10-27-17(12-23)11-22(4)13-18(24)25/h5-8,17H,9-14H2,1-4H3,(H,21,26)(H,24,25). The minimum atomic E-state index is -0.874. The van der Waals surface area contributed by atoms with Gasteiger partial charge in [-0.1, -0.05) is 43.7 Å². The van der Waals surface area contributed by atoms with Crippen molar-refractivity contribution in [1.29, 1.82) is 0 Å². The van der Waals surface area contributed by atoms with E-state index in [2.05, 4.69) is 50.4 Å². The molecule has 150 valence electrons. The highest BCUT2D eigenvalue weighted by Crippen LogP contribution is 2.22. The van der Waals surface area contributed by atoms with Gasteiger partial charge in [-0.3, -0.25) is 9.69 Å². The SMILES string of the molecule is Cc1ccc(C(C)(C)CNC(=O)N2CCOC(CN(C)CC(=O)O)C2)cc1. The molecule has 27 heavy (non-hydrogen) atoms. The molecule has 1 aromatic carbocycles. The zero-order chi connectivity index (χ0) is 20.0. The van der Waals surface area contributed by atoms with E-state index in [1.807, 2.05) is 0 Å². The quantitative estimate of drug-likeness (QED) is 0.756. The fourth-order valence-electron chi connectivity index (χ4n) is 3.17. The van der Waals surface area contributed by atoms with Gasteiger partial charge < -0.3 is 20.1 Å². The van der Waals surface area contributed by atoms with E-state index in [4.69, 9.17) is 9.84 Å². The average molecular weight is 377 g/mol. The Morgan fingerprint density at radius 2 is 2.00 bits per heavy atom. The minimum absolute atomic E-state index is 0.0448. The smallest absolute Gasteiger partial charge is 0.317 e. The van der Waals surface area contributed by atoms with Gasteiger partial charge >= 0.3 is 12.0 Å². The molecule has 1 heterocycles. The van der Waals surface area contributed by atoms with Crippen LogP contribution in [-0.4, -0.2) is 79.4 Å². The molecule has 1 unspecified atom stereocenters. The van der Waals surface area contributed by atoms with E-state index in [0.29, 0.717) is 32.8 Å². The molecular weight excluding hydrogens is 346 g/mol. The largest absolute Gasteiger partial charge is 0.480 e. The summed E-state index contributed by atoms with van der Waals surface area (Å²) in [6, 6.07) is 8.26. The maximum atomic E-state index is 12.6. The Morgan fingerprint density at radius 1 is 1.33 bits per heavy atom. The lowest BCUT2D eigenvalue weighted by atomic mass is 9.84. The Kier molecular flexibility index (Phi) is 7.21. The number of carboxylic acids is 1. The lowest BCUT2D eigenvalue weighted by molar-refractivity contribution is -0.138. The molecule has 0 aliphatic carbocycles. The fraction of sp³-hybridized carbons (Fsp3) is 0.600. The average Bonchev–Trinajstić information content (AvgIpc) is 2.59. The molecular formula is C20H31N3O4. The van der Waals surface area contributed by atoms with Gasteiger partial charge in [0.05, 0.1) is 19.3 Å². The molecule has 7 nitrogen and oxygen atoms in total. The van der Waals surface area contributed by atoms with Crippen molar-refractivity contribution in [1.82, 2.24) is 15.1 Å². The van der Waals surface area contributed by atoms with Crippen molar-refractivity contribution in [2.45, 2.75) is 32.3 Å². The van der Waals surface area contributed by atoms with Crippen LogP contribution in [0.4, 0.5) is 4.79 Å². The third-order valence-corrected chi connectivity index (χ3v) is 4.86. The lowest BCUT2D eigenvalue weighted by Gasteiger charge is -2.35. The van der Waals surface area contributed by atoms with E-state index in [9.17, 15) is 9.59 Å². The Balaban J connectivity index is 1.85. The molecule has 0 aromatic heterocycles. The second-order valence-corrected chi connectivity index (χ2v) is 7.94. The van der Waals surface area contributed by atoms with Crippen LogP contribution in [0.1, 0.15) is 25.0 Å². The molecule has 2 amide bonds. The van der Waals surface area contributed by atoms with Crippen LogP contribution in [0.2, 0.25) is 0 Å². The molecule has 2 rings (SSSR count). The van der Waals surface area contributed by atoms with Crippen molar-refractivity contribution in [3.05, 3.63) is 35.4 Å². The zero-order valence-corrected chi connectivity index (χ0v) is 16.7. The number of hydrogen-bond donors (Lipinski definition) is 2. The Morgan fingerprint density at radius 3 is 2.63 bits per heavy atom. The Bertz CT molecular complexity index is 645. The number of carbonyl (C=O) groups is 2. The monoisotopic (exact) mass is 377 g/mol. The summed E-state index contributed by atoms with van der Waals surface area (Å²) in [4.78, 5) is 26.8. The van der Waals surface area contributed by atoms with Crippen LogP contribution in [0.25, 0.3) is 0 Å². The van der Waals surface area contributed by atoms with Crippen molar-refractivity contribution < 1.29 is 19.4 Å². The van der Waals surface area contributed by atoms with E-state index in [1.54, 1.807) is 16.8 Å². The fourth-order valence-corrected chi connectivity index (χ4v) is 3.17. The zero-order valence-electron chi connectivity index (χ0n) is 16.7. The van der Waals surface area contributed by atoms with Gasteiger partial charge in [-0.25, -0.2) is 4.79 Å². The number of nitrogens with zero attached hydrogens (tertiary/aromatic N) is 2. The summed E-state index contributed by atoms with van der Waals surface area (Å²) in [6.45, 7) is 8.71. The number of ether oxygens (including phenoxy) is 1. The van der Waals surface area contributed by atoms with Gasteiger partial charge in [0.15, 0.2) is 0 Å². The van der Waals surface area contributed by atoms with Crippen molar-refractivity contribution >= 4 is 12.0 Å². The number of carboxylic acid groups (broad SMARTS) is 1. The van der Waals surface area contributed by atoms with Gasteiger partial charge in [0.2, 0.25) is 0 Å². The van der Waals surface area contributed by atoms with Gasteiger partial charge in [-0.15, -0.1) is 0 Å². The number of urea groups is 1. The first kappa shape index (κ1) is 21.2. The number of morpholine rings is 1. The van der Waals surface area contributed by atoms with E-state index in [0.717, 1.165) is 0 Å². The van der Waals surface area contributed by atoms with E-state index in [1.165, 1.54) is 11.1 Å². The van der Waals surface area contributed by atoms with Crippen molar-refractivity contribution in [2.24, 2.45) is 0 Å². The molecule has 0 bridgehead atoms. The van der Waals surface area contributed by atoms with E-state index >= 15 is 0 Å². The summed E-state index contributed by atoms with van der Waals surface area (Å²) in [5, 5.41) is 11.9. The van der Waals surface area contributed by atoms with Gasteiger partial charge in [-0.2, -0.15) is 0 Å². The van der Waals surface area contributed by atoms with Gasteiger partial charge in [0, 0.05) is 31.6 Å². The highest BCUT2D eigenvalue weighted by molar-refractivity contribution is 5.74. The second kappa shape index (κ2) is 9.19. The molecule has 1 aromatic rings. The van der Waals surface area contributed by atoms with Crippen LogP contribution in [-0.2, 0) is 14.9 Å². The molecule has 1 saturated heterocycles. The molecule has 1 aliphatic heterocycles. The van der Waals surface area contributed by atoms with Crippen LogP contribution >= 0.6 is 0 Å². The number of aryl methyl sites for hydroxylation is 1. The van der Waals surface area contributed by atoms with Crippen LogP contribution in [0, 0.1) is 6.92 Å². The van der Waals surface area contributed by atoms with Gasteiger partial charge in [-0.05, 0) is 19.5 Å². The predicted octanol–water partition coefficient (Wildman–Crippen LogP) is 1.70. The maximum absolute atomic E-state index is 12.6. The molecule has 2 N–H and O–H groups in total. The summed E-state index contributed by atoms with van der Waals surface area (Å²) in [5.74, 6) is -0.874. The number of aliphatic carboxylic acids is 1. The normalized spacial score (nSPS) is 17.8. The minimum Gasteiger partial charge on any atom is -0.480 e. The number of carbonyl (C=O) groups excluding carboxylic acids is 1. The first-order valence-corrected chi connectivity index (χ1v) is 9.29. The summed E-state index contributed by atoms with van der Waals surface area (Å²) in [7, 11) is 1.74. The third-order valence-electron chi connectivity index (χ3n) is 4.86. The van der Waals surface area contributed by atoms with Crippen LogP contribution < -0.4 is 5.32 Å². The second-order valence-electron chi connectivity index (χ2n) is 7.94. The first-order valence-electron chi connectivity index (χ1n) is 9.29. The molecule has 1 aliphatic rings. The molecule has 0 spiro atoms. The number of hydrogen-bond acceptors (Lipinski definition) is 4. The summed E-state index contributed by atoms with van der Waals surface area (Å²) < 4.78 is 5.68. The molecule has 1 fully saturated rings. The van der Waals surface area contributed by atoms with Crippen LogP contribution in [0.5, 0.6) is 0 Å². The lowest BCUT2D eigenvalue weighted by Crippen LogP contribution is -2.53. The predicted molar refractivity (Wildman–Crippen MR) is 104 cm³/mol. The molecule has 0 radical (unpaired) electrons. The van der Waals surface area contributed by atoms with Gasteiger partial charge in [0.25, 0.3) is 0 Å². The van der Waals surface area contributed by atoms with Crippen molar-refractivity contribution in [3.8, 4) is 0 Å². The summed E-state index contributed by atoms with van der Waals surface area (Å²) in [6.07, 6.45) is -0.182. The Hall–Kier alpha value is -2.12. The number of rotatable bonds is 7. The van der Waals surface area contributed by atoms with Crippen molar-refractivity contribution in [2.75, 3.05) is 46.4 Å². The number of amides is 2. The van der Waals surface area contributed by atoms with Crippen LogP contribution in [0.3, 0.4) is 0 Å². The first-order chi connectivity index (χ1) is 12.7. The summed E-state index contributed by atoms with van der Waals surface area (Å²) in [5.41, 5.74) is 2.23. The highest BCUT2D eigenvalue weighted by Gasteiger charge is 2.27. The number of likely N-dealkylation sites (N-methyl/N-ethyl adjacent to an activating group) is 1. The topological polar surface area (TPSA) is 82.1 Å². The third kappa shape index (κ3) is 6.52. The molecule has 7 heteroatoms. The highest BCUT2D eigenvalue weighted by atomic mass is 16.5. The Labute approximate surface area is 161 Å². The number of benzene rings is 1. The van der Waals surface area contributed by atoms with E-state index in [-0.39, 0.29) is 24.1 Å². The maximum Gasteiger partial charge on any atom is 0.317 e. The molecule has 0 saturated carbocycles. The van der Waals surface area contributed by atoms with Crippen LogP contribution in [0.15, 0.2) is 24.3 Å². The van der Waals surface area contributed by atoms with E-state index < -0.39 is 5.97 Å². The molecule has 1 atom stereocenters. The van der Waals surface area contributed by atoms with Gasteiger partial charge in [0.1, 0.15) is 0 Å². The van der Waals surface area contributed by atoms with Crippen molar-refractivity contribution in [3.63, 3.8) is 0 Å².